The summed E-state index contributed by atoms with van der Waals surface area (Å²) in [6.45, 7) is 2.28. The number of nitrogens with zero attached hydrogens (tertiary/aromatic N) is 1. The van der Waals surface area contributed by atoms with Crippen molar-refractivity contribution < 1.29 is 4.74 Å². The van der Waals surface area contributed by atoms with Crippen LogP contribution in [0.1, 0.15) is 38.3 Å². The van der Waals surface area contributed by atoms with Gasteiger partial charge in [-0.1, -0.05) is 19.4 Å². The molecule has 2 nitrogen and oxygen atoms in total. The van der Waals surface area contributed by atoms with Crippen LogP contribution >= 0.6 is 0 Å². The molecule has 1 aliphatic carbocycles. The van der Waals surface area contributed by atoms with Gasteiger partial charge in [-0.05, 0) is 37.3 Å². The monoisotopic (exact) mass is 203 g/mol. The average Bonchev–Trinajstić information content (AvgIpc) is 3.04. The molecule has 1 saturated heterocycles. The zero-order chi connectivity index (χ0) is 10.3. The molecule has 3 rings (SSSR count). The number of pyridine rings is 1. The van der Waals surface area contributed by atoms with Crippen molar-refractivity contribution in [3.05, 3.63) is 30.1 Å². The fourth-order valence-corrected chi connectivity index (χ4v) is 2.85. The van der Waals surface area contributed by atoms with E-state index in [9.17, 15) is 0 Å². The van der Waals surface area contributed by atoms with E-state index in [1.165, 1.54) is 19.3 Å². The fourth-order valence-electron chi connectivity index (χ4n) is 2.85. The maximum atomic E-state index is 5.92. The van der Waals surface area contributed by atoms with Gasteiger partial charge >= 0.3 is 0 Å². The molecular formula is C13H17NO. The maximum Gasteiger partial charge on any atom is 0.136 e. The number of epoxide rings is 1. The van der Waals surface area contributed by atoms with Gasteiger partial charge < -0.3 is 4.74 Å². The molecule has 1 aromatic rings. The highest BCUT2D eigenvalue weighted by Crippen LogP contribution is 2.56. The zero-order valence-corrected chi connectivity index (χ0v) is 9.15. The summed E-state index contributed by atoms with van der Waals surface area (Å²) in [6.07, 6.45) is 7.29. The molecule has 0 unspecified atom stereocenters. The van der Waals surface area contributed by atoms with Crippen molar-refractivity contribution in [2.75, 3.05) is 0 Å². The predicted molar refractivity (Wildman–Crippen MR) is 58.4 cm³/mol. The highest BCUT2D eigenvalue weighted by molar-refractivity contribution is 5.23. The molecule has 0 amide bonds. The summed E-state index contributed by atoms with van der Waals surface area (Å²) < 4.78 is 5.92. The third-order valence-corrected chi connectivity index (χ3v) is 3.96. The second-order valence-corrected chi connectivity index (χ2v) is 4.76. The Morgan fingerprint density at radius 3 is 3.13 bits per heavy atom. The van der Waals surface area contributed by atoms with E-state index in [4.69, 9.17) is 4.74 Å². The van der Waals surface area contributed by atoms with Gasteiger partial charge in [0.05, 0.1) is 11.8 Å². The molecule has 0 radical (unpaired) electrons. The predicted octanol–water partition coefficient (Wildman–Crippen LogP) is 2.89. The molecule has 2 heteroatoms. The largest absolute Gasteiger partial charge is 0.359 e. The van der Waals surface area contributed by atoms with E-state index < -0.39 is 0 Å². The Kier molecular flexibility index (Phi) is 2.06. The summed E-state index contributed by atoms with van der Waals surface area (Å²) >= 11 is 0. The van der Waals surface area contributed by atoms with Gasteiger partial charge in [-0.3, -0.25) is 4.98 Å². The third-order valence-electron chi connectivity index (χ3n) is 3.96. The van der Waals surface area contributed by atoms with E-state index in [1.807, 2.05) is 12.3 Å². The van der Waals surface area contributed by atoms with Crippen molar-refractivity contribution in [3.63, 3.8) is 0 Å². The van der Waals surface area contributed by atoms with Crippen molar-refractivity contribution >= 4 is 0 Å². The Labute approximate surface area is 90.7 Å². The van der Waals surface area contributed by atoms with Crippen LogP contribution in [0.15, 0.2) is 24.4 Å². The minimum absolute atomic E-state index is 0.00688. The number of ether oxygens (including phenoxy) is 1. The highest BCUT2D eigenvalue weighted by atomic mass is 16.6. The lowest BCUT2D eigenvalue weighted by Gasteiger charge is -2.22. The Morgan fingerprint density at radius 2 is 2.47 bits per heavy atom. The quantitative estimate of drug-likeness (QED) is 0.690. The van der Waals surface area contributed by atoms with Crippen molar-refractivity contribution in [3.8, 4) is 0 Å². The molecule has 1 saturated carbocycles. The molecule has 1 aromatic heterocycles. The number of fused-ring (bicyclic) bond motifs is 1. The van der Waals surface area contributed by atoms with Crippen molar-refractivity contribution in [2.24, 2.45) is 5.92 Å². The first-order chi connectivity index (χ1) is 7.35. The van der Waals surface area contributed by atoms with Gasteiger partial charge in [0.2, 0.25) is 0 Å². The lowest BCUT2D eigenvalue weighted by Crippen LogP contribution is -2.23. The first-order valence-corrected chi connectivity index (χ1v) is 5.94. The van der Waals surface area contributed by atoms with Gasteiger partial charge in [0.25, 0.3) is 0 Å². The zero-order valence-electron chi connectivity index (χ0n) is 9.15. The molecule has 0 aromatic carbocycles. The maximum absolute atomic E-state index is 5.92. The molecule has 0 bridgehead atoms. The fraction of sp³-hybridized carbons (Fsp3) is 0.615. The standard InChI is InChI=1S/C13H17NO/c1-2-10-6-7-13(12(9-10)15-13)11-5-3-4-8-14-11/h3-5,8,10,12H,2,6-7,9H2,1H3/t10-,12-,13-/m1/s1. The van der Waals surface area contributed by atoms with Crippen LogP contribution in [0.3, 0.4) is 0 Å². The highest BCUT2D eigenvalue weighted by Gasteiger charge is 2.60. The van der Waals surface area contributed by atoms with Gasteiger partial charge in [-0.15, -0.1) is 0 Å². The summed E-state index contributed by atoms with van der Waals surface area (Å²) in [6, 6.07) is 6.13. The van der Waals surface area contributed by atoms with Crippen LogP contribution in [-0.4, -0.2) is 11.1 Å². The van der Waals surface area contributed by atoms with Crippen LogP contribution in [-0.2, 0) is 10.3 Å². The molecule has 2 fully saturated rings. The smallest absolute Gasteiger partial charge is 0.136 e. The lowest BCUT2D eigenvalue weighted by atomic mass is 9.79. The van der Waals surface area contributed by atoms with E-state index in [1.54, 1.807) is 0 Å². The lowest BCUT2D eigenvalue weighted by molar-refractivity contribution is 0.278. The van der Waals surface area contributed by atoms with E-state index in [2.05, 4.69) is 24.0 Å². The van der Waals surface area contributed by atoms with Gasteiger partial charge in [0, 0.05) is 6.20 Å². The SMILES string of the molecule is CC[C@@H]1CC[C@]2(c3ccccn3)O[C@@H]2C1. The Bertz CT molecular complexity index is 351. The normalized spacial score (nSPS) is 38.5. The molecule has 0 N–H and O–H groups in total. The Hall–Kier alpha value is -0.890. The molecule has 15 heavy (non-hydrogen) atoms. The summed E-state index contributed by atoms with van der Waals surface area (Å²) in [5.74, 6) is 0.870. The van der Waals surface area contributed by atoms with Crippen molar-refractivity contribution in [1.29, 1.82) is 0 Å². The molecule has 2 aliphatic rings. The Balaban J connectivity index is 1.80. The number of hydrogen-bond acceptors (Lipinski definition) is 2. The molecule has 3 atom stereocenters. The molecule has 1 aliphatic heterocycles. The van der Waals surface area contributed by atoms with Gasteiger partial charge in [0.15, 0.2) is 0 Å². The second kappa shape index (κ2) is 3.31. The Morgan fingerprint density at radius 1 is 1.53 bits per heavy atom. The van der Waals surface area contributed by atoms with E-state index >= 15 is 0 Å². The van der Waals surface area contributed by atoms with E-state index in [0.717, 1.165) is 18.0 Å². The first-order valence-electron chi connectivity index (χ1n) is 5.94. The first kappa shape index (κ1) is 9.34. The summed E-state index contributed by atoms with van der Waals surface area (Å²) in [5, 5.41) is 0. The molecule has 0 spiro atoms. The minimum Gasteiger partial charge on any atom is -0.359 e. The second-order valence-electron chi connectivity index (χ2n) is 4.76. The average molecular weight is 203 g/mol. The van der Waals surface area contributed by atoms with Crippen LogP contribution in [0, 0.1) is 5.92 Å². The molecular weight excluding hydrogens is 186 g/mol. The molecule has 2 heterocycles. The summed E-state index contributed by atoms with van der Waals surface area (Å²) in [4.78, 5) is 4.44. The van der Waals surface area contributed by atoms with Crippen LogP contribution in [0.25, 0.3) is 0 Å². The van der Waals surface area contributed by atoms with Crippen molar-refractivity contribution in [2.45, 2.75) is 44.3 Å². The third kappa shape index (κ3) is 1.39. The number of hydrogen-bond donors (Lipinski definition) is 0. The topological polar surface area (TPSA) is 25.4 Å². The summed E-state index contributed by atoms with van der Waals surface area (Å²) in [7, 11) is 0. The molecule has 80 valence electrons. The van der Waals surface area contributed by atoms with E-state index in [0.29, 0.717) is 6.10 Å². The van der Waals surface area contributed by atoms with Gasteiger partial charge in [-0.25, -0.2) is 0 Å². The number of aromatic nitrogens is 1. The van der Waals surface area contributed by atoms with Crippen LogP contribution in [0.5, 0.6) is 0 Å². The summed E-state index contributed by atoms with van der Waals surface area (Å²) in [5.41, 5.74) is 1.15. The van der Waals surface area contributed by atoms with Crippen LogP contribution < -0.4 is 0 Å². The van der Waals surface area contributed by atoms with Gasteiger partial charge in [0.1, 0.15) is 5.60 Å². The van der Waals surface area contributed by atoms with Crippen molar-refractivity contribution in [1.82, 2.24) is 4.98 Å². The van der Waals surface area contributed by atoms with Gasteiger partial charge in [-0.2, -0.15) is 0 Å². The van der Waals surface area contributed by atoms with E-state index in [-0.39, 0.29) is 5.60 Å². The number of rotatable bonds is 2. The van der Waals surface area contributed by atoms with Crippen LogP contribution in [0.2, 0.25) is 0 Å². The van der Waals surface area contributed by atoms with Crippen LogP contribution in [0.4, 0.5) is 0 Å². The minimum atomic E-state index is 0.00688.